The van der Waals surface area contributed by atoms with Gasteiger partial charge in [-0.1, -0.05) is 30.3 Å². The average Bonchev–Trinajstić information content (AvgIpc) is 3.06. The van der Waals surface area contributed by atoms with Gasteiger partial charge in [0.25, 0.3) is 0 Å². The number of nitrogens with one attached hydrogen (secondary N) is 2. The lowest BCUT2D eigenvalue weighted by Gasteiger charge is -2.30. The third kappa shape index (κ3) is 4.44. The van der Waals surface area contributed by atoms with Gasteiger partial charge in [-0.15, -0.1) is 0 Å². The van der Waals surface area contributed by atoms with Crippen molar-refractivity contribution in [2.75, 3.05) is 31.5 Å². The lowest BCUT2D eigenvalue weighted by Crippen LogP contribution is -2.26. The van der Waals surface area contributed by atoms with Crippen molar-refractivity contribution in [3.8, 4) is 17.2 Å². The van der Waals surface area contributed by atoms with E-state index in [-0.39, 0.29) is 17.7 Å². The number of Topliss-reactive ketones (excluding diaryl/α,β-unsaturated/α-hetero) is 1. The van der Waals surface area contributed by atoms with Crippen molar-refractivity contribution in [2.45, 2.75) is 31.7 Å². The summed E-state index contributed by atoms with van der Waals surface area (Å²) in [4.78, 5) is 13.8. The number of benzene rings is 3. The van der Waals surface area contributed by atoms with E-state index in [0.717, 1.165) is 39.5 Å². The summed E-state index contributed by atoms with van der Waals surface area (Å²) in [5.74, 6) is 2.33. The van der Waals surface area contributed by atoms with Gasteiger partial charge < -0.3 is 24.8 Å². The van der Waals surface area contributed by atoms with Crippen LogP contribution in [0, 0.1) is 0 Å². The second-order valence-corrected chi connectivity index (χ2v) is 8.79. The molecule has 3 aromatic rings. The fourth-order valence-electron chi connectivity index (χ4n) is 5.01. The highest BCUT2D eigenvalue weighted by molar-refractivity contribution is 6.01. The molecule has 0 amide bonds. The van der Waals surface area contributed by atoms with Crippen molar-refractivity contribution in [3.05, 3.63) is 89.1 Å². The largest absolute Gasteiger partial charge is 0.497 e. The number of carbonyl (C=O) groups is 1. The van der Waals surface area contributed by atoms with E-state index in [1.807, 2.05) is 73.7 Å². The average molecular weight is 471 g/mol. The van der Waals surface area contributed by atoms with Crippen molar-refractivity contribution >= 4 is 17.2 Å². The maximum absolute atomic E-state index is 13.8. The Morgan fingerprint density at radius 3 is 2.46 bits per heavy atom. The number of ketones is 1. The first-order valence-electron chi connectivity index (χ1n) is 11.9. The number of methoxy groups -OCH3 is 2. The molecule has 0 aromatic heterocycles. The number of para-hydroxylation sites is 2. The van der Waals surface area contributed by atoms with Gasteiger partial charge in [0.1, 0.15) is 5.75 Å². The van der Waals surface area contributed by atoms with Crippen molar-refractivity contribution in [3.63, 3.8) is 0 Å². The standard InChI is InChI=1S/C29H30N2O4/c1-4-35-26-13-12-18(17-27(26)34-3)20-15-24-28(25(32)16-20)29(19-8-7-9-21(14-19)33-2)31-23-11-6-5-10-22(23)30-24/h5-14,17,20,29-31H,4,15-16H2,1-3H3/t20-,29+/m1/s1. The number of fused-ring (bicyclic) bond motifs is 1. The zero-order valence-corrected chi connectivity index (χ0v) is 20.3. The Hall–Kier alpha value is -3.93. The van der Waals surface area contributed by atoms with Gasteiger partial charge in [-0.05, 0) is 66.8 Å². The number of rotatable bonds is 6. The molecule has 0 saturated heterocycles. The van der Waals surface area contributed by atoms with Crippen LogP contribution in [0.4, 0.5) is 11.4 Å². The van der Waals surface area contributed by atoms with Gasteiger partial charge in [0.2, 0.25) is 0 Å². The van der Waals surface area contributed by atoms with Gasteiger partial charge >= 0.3 is 0 Å². The maximum atomic E-state index is 13.8. The van der Waals surface area contributed by atoms with Crippen LogP contribution in [0.5, 0.6) is 17.2 Å². The van der Waals surface area contributed by atoms with Gasteiger partial charge in [-0.25, -0.2) is 0 Å². The molecule has 1 heterocycles. The molecule has 1 aliphatic heterocycles. The fourth-order valence-corrected chi connectivity index (χ4v) is 5.01. The van der Waals surface area contributed by atoms with E-state index < -0.39 is 0 Å². The Morgan fingerprint density at radius 1 is 0.857 bits per heavy atom. The summed E-state index contributed by atoms with van der Waals surface area (Å²) in [5, 5.41) is 7.21. The van der Waals surface area contributed by atoms with E-state index in [2.05, 4.69) is 10.6 Å². The first-order valence-corrected chi connectivity index (χ1v) is 11.9. The highest BCUT2D eigenvalue weighted by atomic mass is 16.5. The summed E-state index contributed by atoms with van der Waals surface area (Å²) < 4.78 is 16.7. The normalized spacial score (nSPS) is 19.0. The smallest absolute Gasteiger partial charge is 0.163 e. The second-order valence-electron chi connectivity index (χ2n) is 8.79. The molecule has 0 saturated carbocycles. The van der Waals surface area contributed by atoms with Crippen LogP contribution < -0.4 is 24.8 Å². The van der Waals surface area contributed by atoms with Crippen LogP contribution in [0.1, 0.15) is 42.9 Å². The molecule has 6 nitrogen and oxygen atoms in total. The van der Waals surface area contributed by atoms with Crippen LogP contribution in [0.3, 0.4) is 0 Å². The third-order valence-electron chi connectivity index (χ3n) is 6.70. The molecular formula is C29H30N2O4. The molecule has 2 N–H and O–H groups in total. The minimum atomic E-state index is -0.278. The Morgan fingerprint density at radius 2 is 1.69 bits per heavy atom. The molecule has 0 unspecified atom stereocenters. The predicted molar refractivity (Wildman–Crippen MR) is 138 cm³/mol. The van der Waals surface area contributed by atoms with Gasteiger partial charge in [0, 0.05) is 17.7 Å². The Bertz CT molecular complexity index is 1280. The first-order chi connectivity index (χ1) is 17.1. The molecular weight excluding hydrogens is 440 g/mol. The molecule has 0 spiro atoms. The van der Waals surface area contributed by atoms with Crippen LogP contribution in [-0.4, -0.2) is 26.6 Å². The SMILES string of the molecule is CCOc1ccc([C@H]2CC(=O)C3=C(C2)Nc2ccccc2N[C@H]3c2cccc(OC)c2)cc1OC. The molecule has 35 heavy (non-hydrogen) atoms. The van der Waals surface area contributed by atoms with Crippen molar-refractivity contribution in [1.29, 1.82) is 0 Å². The van der Waals surface area contributed by atoms with Crippen LogP contribution in [0.2, 0.25) is 0 Å². The number of anilines is 2. The molecule has 0 fully saturated rings. The van der Waals surface area contributed by atoms with Gasteiger partial charge in [0.05, 0.1) is 38.2 Å². The Balaban J connectivity index is 1.56. The molecule has 1 aliphatic carbocycles. The number of ether oxygens (including phenoxy) is 3. The Kier molecular flexibility index (Phi) is 6.36. The number of hydrogen-bond acceptors (Lipinski definition) is 6. The van der Waals surface area contributed by atoms with Crippen LogP contribution >= 0.6 is 0 Å². The Labute approximate surface area is 205 Å². The van der Waals surface area contributed by atoms with Gasteiger partial charge in [0.15, 0.2) is 17.3 Å². The summed E-state index contributed by atoms with van der Waals surface area (Å²) in [6.45, 7) is 2.51. The van der Waals surface area contributed by atoms with Gasteiger partial charge in [-0.2, -0.15) is 0 Å². The highest BCUT2D eigenvalue weighted by Crippen LogP contribution is 2.45. The molecule has 0 radical (unpaired) electrons. The van der Waals surface area contributed by atoms with E-state index in [1.54, 1.807) is 14.2 Å². The van der Waals surface area contributed by atoms with E-state index >= 15 is 0 Å². The molecule has 6 heteroatoms. The zero-order chi connectivity index (χ0) is 24.4. The molecule has 2 aliphatic rings. The summed E-state index contributed by atoms with van der Waals surface area (Å²) >= 11 is 0. The fraction of sp³-hybridized carbons (Fsp3) is 0.276. The van der Waals surface area contributed by atoms with E-state index in [0.29, 0.717) is 30.9 Å². The molecule has 0 bridgehead atoms. The van der Waals surface area contributed by atoms with Crippen molar-refractivity contribution in [1.82, 2.24) is 0 Å². The van der Waals surface area contributed by atoms with E-state index in [9.17, 15) is 4.79 Å². The van der Waals surface area contributed by atoms with Crippen LogP contribution in [0.25, 0.3) is 0 Å². The topological polar surface area (TPSA) is 68.8 Å². The number of hydrogen-bond donors (Lipinski definition) is 2. The van der Waals surface area contributed by atoms with Crippen LogP contribution in [-0.2, 0) is 4.79 Å². The quantitative estimate of drug-likeness (QED) is 0.455. The molecule has 180 valence electrons. The summed E-state index contributed by atoms with van der Waals surface area (Å²) in [7, 11) is 3.30. The maximum Gasteiger partial charge on any atom is 0.163 e. The molecule has 5 rings (SSSR count). The van der Waals surface area contributed by atoms with Crippen LogP contribution in [0.15, 0.2) is 78.0 Å². The molecule has 2 atom stereocenters. The zero-order valence-electron chi connectivity index (χ0n) is 20.3. The third-order valence-corrected chi connectivity index (χ3v) is 6.70. The van der Waals surface area contributed by atoms with Crippen molar-refractivity contribution in [2.24, 2.45) is 0 Å². The monoisotopic (exact) mass is 470 g/mol. The summed E-state index contributed by atoms with van der Waals surface area (Å²) in [6, 6.07) is 21.7. The highest BCUT2D eigenvalue weighted by Gasteiger charge is 2.36. The van der Waals surface area contributed by atoms with E-state index in [4.69, 9.17) is 14.2 Å². The van der Waals surface area contributed by atoms with Gasteiger partial charge in [-0.3, -0.25) is 4.79 Å². The summed E-state index contributed by atoms with van der Waals surface area (Å²) in [5.41, 5.74) is 5.71. The first kappa shape index (κ1) is 22.8. The predicted octanol–water partition coefficient (Wildman–Crippen LogP) is 6.08. The molecule has 3 aromatic carbocycles. The number of allylic oxidation sites excluding steroid dienone is 1. The minimum Gasteiger partial charge on any atom is -0.497 e. The lowest BCUT2D eigenvalue weighted by molar-refractivity contribution is -0.116. The second kappa shape index (κ2) is 9.74. The summed E-state index contributed by atoms with van der Waals surface area (Å²) in [6.07, 6.45) is 1.14. The van der Waals surface area contributed by atoms with E-state index in [1.165, 1.54) is 0 Å². The number of carbonyl (C=O) groups excluding carboxylic acids is 1. The minimum absolute atomic E-state index is 0.0366. The van der Waals surface area contributed by atoms with Crippen molar-refractivity contribution < 1.29 is 19.0 Å². The lowest BCUT2D eigenvalue weighted by atomic mass is 9.78.